The third-order valence-corrected chi connectivity index (χ3v) is 3.65. The number of carbonyl (C=O) groups excluding carboxylic acids is 1. The maximum Gasteiger partial charge on any atom is 0.320 e. The molecule has 0 radical (unpaired) electrons. The van der Waals surface area contributed by atoms with Crippen LogP contribution < -0.4 is 10.1 Å². The second kappa shape index (κ2) is 6.58. The van der Waals surface area contributed by atoms with E-state index in [-0.39, 0.29) is 18.6 Å². The standard InChI is InChI=1S/C15H20N2O4/c1-10(15(19)20)17(2)9-14(18)16-8-12-7-11-5-3-4-6-13(11)21-12/h3-6,10,12H,7-9H2,1-2H3,(H,16,18)(H,19,20). The zero-order valence-corrected chi connectivity index (χ0v) is 12.2. The lowest BCUT2D eigenvalue weighted by Gasteiger charge is -2.20. The Morgan fingerprint density at radius 3 is 2.86 bits per heavy atom. The van der Waals surface area contributed by atoms with Gasteiger partial charge in [0.05, 0.1) is 13.1 Å². The van der Waals surface area contributed by atoms with E-state index in [0.717, 1.165) is 17.7 Å². The number of ether oxygens (including phenoxy) is 1. The Balaban J connectivity index is 1.75. The van der Waals surface area contributed by atoms with E-state index in [9.17, 15) is 9.59 Å². The van der Waals surface area contributed by atoms with Crippen molar-refractivity contribution in [2.45, 2.75) is 25.5 Å². The lowest BCUT2D eigenvalue weighted by molar-refractivity contribution is -0.142. The lowest BCUT2D eigenvalue weighted by Crippen LogP contribution is -2.44. The summed E-state index contributed by atoms with van der Waals surface area (Å²) >= 11 is 0. The molecular weight excluding hydrogens is 272 g/mol. The number of benzene rings is 1. The molecule has 6 heteroatoms. The van der Waals surface area contributed by atoms with E-state index in [0.29, 0.717) is 6.54 Å². The van der Waals surface area contributed by atoms with Gasteiger partial charge in [0.1, 0.15) is 17.9 Å². The topological polar surface area (TPSA) is 78.9 Å². The maximum absolute atomic E-state index is 11.8. The summed E-state index contributed by atoms with van der Waals surface area (Å²) in [6.07, 6.45) is 0.714. The van der Waals surface area contributed by atoms with E-state index in [1.165, 1.54) is 4.90 Å². The highest BCUT2D eigenvalue weighted by Crippen LogP contribution is 2.27. The number of carbonyl (C=O) groups is 2. The highest BCUT2D eigenvalue weighted by molar-refractivity contribution is 5.79. The second-order valence-electron chi connectivity index (χ2n) is 5.29. The first-order valence-corrected chi connectivity index (χ1v) is 6.91. The summed E-state index contributed by atoms with van der Waals surface area (Å²) in [5.74, 6) is -0.279. The summed E-state index contributed by atoms with van der Waals surface area (Å²) in [6.45, 7) is 2.02. The van der Waals surface area contributed by atoms with Crippen LogP contribution in [0.5, 0.6) is 5.75 Å². The fourth-order valence-electron chi connectivity index (χ4n) is 2.20. The molecule has 1 aromatic rings. The van der Waals surface area contributed by atoms with Crippen molar-refractivity contribution in [1.82, 2.24) is 10.2 Å². The first-order chi connectivity index (χ1) is 9.97. The number of carboxylic acids is 1. The van der Waals surface area contributed by atoms with Crippen molar-refractivity contribution in [3.8, 4) is 5.75 Å². The van der Waals surface area contributed by atoms with Gasteiger partial charge >= 0.3 is 5.97 Å². The molecule has 0 saturated carbocycles. The first kappa shape index (κ1) is 15.3. The molecule has 0 aromatic heterocycles. The summed E-state index contributed by atoms with van der Waals surface area (Å²) in [5, 5.41) is 11.7. The average molecular weight is 292 g/mol. The van der Waals surface area contributed by atoms with Gasteiger partial charge in [0.25, 0.3) is 0 Å². The third-order valence-electron chi connectivity index (χ3n) is 3.65. The van der Waals surface area contributed by atoms with Gasteiger partial charge in [-0.15, -0.1) is 0 Å². The number of hydrogen-bond donors (Lipinski definition) is 2. The number of rotatable bonds is 6. The van der Waals surface area contributed by atoms with Crippen LogP contribution in [0.1, 0.15) is 12.5 Å². The molecular formula is C15H20N2O4. The molecule has 1 amide bonds. The Kier molecular flexibility index (Phi) is 4.80. The van der Waals surface area contributed by atoms with Gasteiger partial charge in [0.2, 0.25) is 5.91 Å². The molecule has 6 nitrogen and oxygen atoms in total. The molecule has 0 saturated heterocycles. The molecule has 1 aromatic carbocycles. The van der Waals surface area contributed by atoms with Crippen molar-refractivity contribution < 1.29 is 19.4 Å². The zero-order valence-electron chi connectivity index (χ0n) is 12.2. The highest BCUT2D eigenvalue weighted by atomic mass is 16.5. The molecule has 2 N–H and O–H groups in total. The fraction of sp³-hybridized carbons (Fsp3) is 0.467. The molecule has 1 heterocycles. The number of nitrogens with zero attached hydrogens (tertiary/aromatic N) is 1. The number of likely N-dealkylation sites (N-methyl/N-ethyl adjacent to an activating group) is 1. The van der Waals surface area contributed by atoms with E-state index < -0.39 is 12.0 Å². The van der Waals surface area contributed by atoms with Crippen molar-refractivity contribution in [2.75, 3.05) is 20.1 Å². The van der Waals surface area contributed by atoms with Crippen LogP contribution >= 0.6 is 0 Å². The van der Waals surface area contributed by atoms with Crippen LogP contribution in [0.3, 0.4) is 0 Å². The van der Waals surface area contributed by atoms with E-state index in [1.54, 1.807) is 14.0 Å². The van der Waals surface area contributed by atoms with E-state index >= 15 is 0 Å². The molecule has 0 bridgehead atoms. The number of hydrogen-bond acceptors (Lipinski definition) is 4. The molecule has 1 aliphatic rings. The molecule has 0 fully saturated rings. The Morgan fingerprint density at radius 1 is 1.48 bits per heavy atom. The van der Waals surface area contributed by atoms with Gasteiger partial charge in [-0.25, -0.2) is 0 Å². The average Bonchev–Trinajstić information content (AvgIpc) is 2.86. The molecule has 114 valence electrons. The molecule has 2 unspecified atom stereocenters. The minimum absolute atomic E-state index is 0.0487. The largest absolute Gasteiger partial charge is 0.488 e. The first-order valence-electron chi connectivity index (χ1n) is 6.91. The van der Waals surface area contributed by atoms with Crippen molar-refractivity contribution in [2.24, 2.45) is 0 Å². The fourth-order valence-corrected chi connectivity index (χ4v) is 2.20. The summed E-state index contributed by atoms with van der Waals surface area (Å²) in [5.41, 5.74) is 1.15. The predicted octanol–water partition coefficient (Wildman–Crippen LogP) is 0.511. The number of aliphatic carboxylic acids is 1. The third kappa shape index (κ3) is 3.95. The van der Waals surface area contributed by atoms with Crippen molar-refractivity contribution in [3.05, 3.63) is 29.8 Å². The van der Waals surface area contributed by atoms with Gasteiger partial charge in [-0.3, -0.25) is 14.5 Å². The lowest BCUT2D eigenvalue weighted by atomic mass is 10.1. The van der Waals surface area contributed by atoms with E-state index in [2.05, 4.69) is 5.32 Å². The summed E-state index contributed by atoms with van der Waals surface area (Å²) < 4.78 is 5.73. The van der Waals surface area contributed by atoms with Crippen LogP contribution in [0.2, 0.25) is 0 Å². The smallest absolute Gasteiger partial charge is 0.320 e. The summed E-state index contributed by atoms with van der Waals surface area (Å²) in [4.78, 5) is 24.1. The Morgan fingerprint density at radius 2 is 2.19 bits per heavy atom. The van der Waals surface area contributed by atoms with Gasteiger partial charge in [-0.05, 0) is 25.6 Å². The van der Waals surface area contributed by atoms with Crippen molar-refractivity contribution >= 4 is 11.9 Å². The highest BCUT2D eigenvalue weighted by Gasteiger charge is 2.23. The molecule has 21 heavy (non-hydrogen) atoms. The molecule has 0 spiro atoms. The van der Waals surface area contributed by atoms with Crippen LogP contribution in [0.15, 0.2) is 24.3 Å². The number of nitrogens with one attached hydrogen (secondary N) is 1. The quantitative estimate of drug-likeness (QED) is 0.799. The minimum atomic E-state index is -0.945. The summed E-state index contributed by atoms with van der Waals surface area (Å²) in [6, 6.07) is 7.12. The van der Waals surface area contributed by atoms with Gasteiger partial charge in [-0.1, -0.05) is 18.2 Å². The molecule has 2 rings (SSSR count). The van der Waals surface area contributed by atoms with Gasteiger partial charge in [0.15, 0.2) is 0 Å². The normalized spacial score (nSPS) is 18.0. The van der Waals surface area contributed by atoms with Gasteiger partial charge in [0, 0.05) is 6.42 Å². The minimum Gasteiger partial charge on any atom is -0.488 e. The van der Waals surface area contributed by atoms with Gasteiger partial charge in [-0.2, -0.15) is 0 Å². The Labute approximate surface area is 123 Å². The predicted molar refractivity (Wildman–Crippen MR) is 77.3 cm³/mol. The van der Waals surface area contributed by atoms with Crippen LogP contribution in [0.25, 0.3) is 0 Å². The van der Waals surface area contributed by atoms with Crippen molar-refractivity contribution in [1.29, 1.82) is 0 Å². The Hall–Kier alpha value is -2.08. The SMILES string of the molecule is CC(C(=O)O)N(C)CC(=O)NCC1Cc2ccccc2O1. The van der Waals surface area contributed by atoms with Crippen LogP contribution in [-0.4, -0.2) is 54.2 Å². The maximum atomic E-state index is 11.8. The van der Waals surface area contributed by atoms with E-state index in [4.69, 9.17) is 9.84 Å². The van der Waals surface area contributed by atoms with Crippen molar-refractivity contribution in [3.63, 3.8) is 0 Å². The van der Waals surface area contributed by atoms with Crippen LogP contribution in [0, 0.1) is 0 Å². The molecule has 2 atom stereocenters. The number of amides is 1. The van der Waals surface area contributed by atoms with E-state index in [1.807, 2.05) is 24.3 Å². The Bertz CT molecular complexity index is 507. The van der Waals surface area contributed by atoms with Crippen LogP contribution in [0.4, 0.5) is 0 Å². The van der Waals surface area contributed by atoms with Gasteiger partial charge < -0.3 is 15.2 Å². The number of para-hydroxylation sites is 1. The molecule has 1 aliphatic heterocycles. The number of fused-ring (bicyclic) bond motifs is 1. The zero-order chi connectivity index (χ0) is 15.4. The van der Waals surface area contributed by atoms with Crippen LogP contribution in [-0.2, 0) is 16.0 Å². The molecule has 0 aliphatic carbocycles. The second-order valence-corrected chi connectivity index (χ2v) is 5.29. The summed E-state index contributed by atoms with van der Waals surface area (Å²) in [7, 11) is 1.61. The number of carboxylic acid groups (broad SMARTS) is 1. The monoisotopic (exact) mass is 292 g/mol.